The van der Waals surface area contributed by atoms with Crippen LogP contribution in [0.3, 0.4) is 0 Å². The van der Waals surface area contributed by atoms with E-state index in [0.717, 1.165) is 12.8 Å². The van der Waals surface area contributed by atoms with Crippen LogP contribution in [0, 0.1) is 5.92 Å². The third kappa shape index (κ3) is 1.48. The van der Waals surface area contributed by atoms with Crippen LogP contribution < -0.4 is 5.32 Å². The van der Waals surface area contributed by atoms with E-state index >= 15 is 0 Å². The lowest BCUT2D eigenvalue weighted by Gasteiger charge is -2.03. The van der Waals surface area contributed by atoms with Gasteiger partial charge in [0, 0.05) is 12.6 Å². The van der Waals surface area contributed by atoms with Gasteiger partial charge in [-0.25, -0.2) is 0 Å². The smallest absolute Gasteiger partial charge is 0.307 e. The Morgan fingerprint density at radius 3 is 2.80 bits per heavy atom. The minimum Gasteiger partial charge on any atom is -0.481 e. The molecule has 0 saturated carbocycles. The molecule has 2 N–H and O–H groups in total. The van der Waals surface area contributed by atoms with Crippen LogP contribution in [0.4, 0.5) is 0 Å². The molecule has 0 radical (unpaired) electrons. The molecule has 0 aromatic heterocycles. The van der Waals surface area contributed by atoms with Gasteiger partial charge in [-0.15, -0.1) is 0 Å². The number of carboxylic acids is 1. The average molecular weight is 143 g/mol. The quantitative estimate of drug-likeness (QED) is 0.590. The molecule has 1 aliphatic rings. The minimum absolute atomic E-state index is 0.148. The van der Waals surface area contributed by atoms with Crippen LogP contribution in [0.5, 0.6) is 0 Å². The van der Waals surface area contributed by atoms with Crippen molar-refractivity contribution in [1.82, 2.24) is 5.32 Å². The molecule has 1 fully saturated rings. The lowest BCUT2D eigenvalue weighted by atomic mass is 10.1. The molecule has 1 rings (SSSR count). The van der Waals surface area contributed by atoms with Crippen molar-refractivity contribution < 1.29 is 9.90 Å². The first-order valence-corrected chi connectivity index (χ1v) is 3.70. The fraction of sp³-hybridized carbons (Fsp3) is 0.857. The number of nitrogens with one attached hydrogen (secondary N) is 1. The predicted octanol–water partition coefficient (Wildman–Crippen LogP) is 0.459. The molecular formula is C7H13NO2. The molecule has 0 spiro atoms. The Kier molecular flexibility index (Phi) is 2.27. The van der Waals surface area contributed by atoms with Crippen molar-refractivity contribution in [2.45, 2.75) is 25.8 Å². The normalized spacial score (nSPS) is 32.5. The summed E-state index contributed by atoms with van der Waals surface area (Å²) in [5.41, 5.74) is 0. The molecule has 2 unspecified atom stereocenters. The van der Waals surface area contributed by atoms with E-state index in [1.54, 1.807) is 0 Å². The summed E-state index contributed by atoms with van der Waals surface area (Å²) in [6.07, 6.45) is 1.83. The highest BCUT2D eigenvalue weighted by atomic mass is 16.4. The number of rotatable bonds is 2. The Bertz CT molecular complexity index is 136. The first-order valence-electron chi connectivity index (χ1n) is 3.70. The monoisotopic (exact) mass is 143 g/mol. The second kappa shape index (κ2) is 3.01. The summed E-state index contributed by atoms with van der Waals surface area (Å²) < 4.78 is 0. The molecule has 1 saturated heterocycles. The maximum absolute atomic E-state index is 10.4. The van der Waals surface area contributed by atoms with Crippen molar-refractivity contribution in [3.63, 3.8) is 0 Å². The maximum Gasteiger partial charge on any atom is 0.307 e. The molecule has 3 heteroatoms. The minimum atomic E-state index is -0.663. The molecule has 0 bridgehead atoms. The van der Waals surface area contributed by atoms with E-state index in [4.69, 9.17) is 5.11 Å². The van der Waals surface area contributed by atoms with Gasteiger partial charge in [0.05, 0.1) is 5.92 Å². The number of aliphatic carboxylic acids is 1. The summed E-state index contributed by atoms with van der Waals surface area (Å²) in [6.45, 7) is 2.72. The zero-order valence-corrected chi connectivity index (χ0v) is 6.13. The highest BCUT2D eigenvalue weighted by molar-refractivity contribution is 5.70. The van der Waals surface area contributed by atoms with Crippen LogP contribution >= 0.6 is 0 Å². The highest BCUT2D eigenvalue weighted by Gasteiger charge is 2.27. The van der Waals surface area contributed by atoms with Gasteiger partial charge in [0.2, 0.25) is 0 Å². The van der Waals surface area contributed by atoms with Gasteiger partial charge in [-0.3, -0.25) is 4.79 Å². The summed E-state index contributed by atoms with van der Waals surface area (Å²) in [7, 11) is 0. The molecule has 0 aromatic rings. The molecule has 0 aromatic carbocycles. The summed E-state index contributed by atoms with van der Waals surface area (Å²) in [6, 6.07) is 0.432. The van der Waals surface area contributed by atoms with Gasteiger partial charge in [0.15, 0.2) is 0 Å². The summed E-state index contributed by atoms with van der Waals surface area (Å²) in [5, 5.41) is 11.7. The molecule has 0 aliphatic carbocycles. The van der Waals surface area contributed by atoms with E-state index < -0.39 is 5.97 Å². The molecule has 58 valence electrons. The van der Waals surface area contributed by atoms with Gasteiger partial charge < -0.3 is 10.4 Å². The van der Waals surface area contributed by atoms with Crippen LogP contribution in [0.1, 0.15) is 19.8 Å². The van der Waals surface area contributed by atoms with E-state index in [1.807, 2.05) is 0 Å². The SMILES string of the molecule is CCC1CC(C(=O)O)CN1. The van der Waals surface area contributed by atoms with Crippen molar-refractivity contribution in [1.29, 1.82) is 0 Å². The van der Waals surface area contributed by atoms with Crippen molar-refractivity contribution in [2.75, 3.05) is 6.54 Å². The Labute approximate surface area is 60.4 Å². The van der Waals surface area contributed by atoms with Gasteiger partial charge in [-0.2, -0.15) is 0 Å². The first-order chi connectivity index (χ1) is 4.74. The van der Waals surface area contributed by atoms with E-state index in [0.29, 0.717) is 12.6 Å². The van der Waals surface area contributed by atoms with Gasteiger partial charge in [-0.1, -0.05) is 6.92 Å². The Morgan fingerprint density at radius 2 is 2.50 bits per heavy atom. The van der Waals surface area contributed by atoms with E-state index in [1.165, 1.54) is 0 Å². The molecule has 1 aliphatic heterocycles. The Hall–Kier alpha value is -0.570. The third-order valence-corrected chi connectivity index (χ3v) is 2.06. The van der Waals surface area contributed by atoms with Crippen LogP contribution in [0.15, 0.2) is 0 Å². The number of carbonyl (C=O) groups is 1. The fourth-order valence-electron chi connectivity index (χ4n) is 1.32. The summed E-state index contributed by atoms with van der Waals surface area (Å²) >= 11 is 0. The average Bonchev–Trinajstić information content (AvgIpc) is 2.34. The molecule has 3 nitrogen and oxygen atoms in total. The van der Waals surface area contributed by atoms with Crippen molar-refractivity contribution in [3.05, 3.63) is 0 Å². The number of carboxylic acid groups (broad SMARTS) is 1. The van der Waals surface area contributed by atoms with Crippen molar-refractivity contribution in [3.8, 4) is 0 Å². The van der Waals surface area contributed by atoms with Crippen LogP contribution in [-0.2, 0) is 4.79 Å². The second-order valence-corrected chi connectivity index (χ2v) is 2.78. The zero-order chi connectivity index (χ0) is 7.56. The largest absolute Gasteiger partial charge is 0.481 e. The Balaban J connectivity index is 2.35. The predicted molar refractivity (Wildman–Crippen MR) is 37.8 cm³/mol. The highest BCUT2D eigenvalue weighted by Crippen LogP contribution is 2.15. The van der Waals surface area contributed by atoms with Crippen molar-refractivity contribution in [2.24, 2.45) is 5.92 Å². The van der Waals surface area contributed by atoms with Gasteiger partial charge >= 0.3 is 5.97 Å². The van der Waals surface area contributed by atoms with Crippen LogP contribution in [0.2, 0.25) is 0 Å². The van der Waals surface area contributed by atoms with Gasteiger partial charge in [0.1, 0.15) is 0 Å². The van der Waals surface area contributed by atoms with Crippen molar-refractivity contribution >= 4 is 5.97 Å². The topological polar surface area (TPSA) is 49.3 Å². The number of hydrogen-bond donors (Lipinski definition) is 2. The Morgan fingerprint density at radius 1 is 1.80 bits per heavy atom. The second-order valence-electron chi connectivity index (χ2n) is 2.78. The lowest BCUT2D eigenvalue weighted by molar-refractivity contribution is -0.141. The third-order valence-electron chi connectivity index (χ3n) is 2.06. The zero-order valence-electron chi connectivity index (χ0n) is 6.13. The van der Waals surface area contributed by atoms with E-state index in [9.17, 15) is 4.79 Å². The lowest BCUT2D eigenvalue weighted by Crippen LogP contribution is -2.20. The van der Waals surface area contributed by atoms with E-state index in [2.05, 4.69) is 12.2 Å². The molecule has 0 amide bonds. The molecule has 1 heterocycles. The molecule has 10 heavy (non-hydrogen) atoms. The summed E-state index contributed by atoms with van der Waals surface area (Å²) in [5.74, 6) is -0.812. The van der Waals surface area contributed by atoms with Crippen LogP contribution in [0.25, 0.3) is 0 Å². The standard InChI is InChI=1S/C7H13NO2/c1-2-6-3-5(4-8-6)7(9)10/h5-6,8H,2-4H2,1H3,(H,9,10). The van der Waals surface area contributed by atoms with Crippen LogP contribution in [-0.4, -0.2) is 23.7 Å². The molecular weight excluding hydrogens is 130 g/mol. The van der Waals surface area contributed by atoms with Gasteiger partial charge in [-0.05, 0) is 12.8 Å². The summed E-state index contributed by atoms with van der Waals surface area (Å²) in [4.78, 5) is 10.4. The maximum atomic E-state index is 10.4. The fourth-order valence-corrected chi connectivity index (χ4v) is 1.32. The van der Waals surface area contributed by atoms with E-state index in [-0.39, 0.29) is 5.92 Å². The number of hydrogen-bond acceptors (Lipinski definition) is 2. The molecule has 2 atom stereocenters. The first kappa shape index (κ1) is 7.54. The van der Waals surface area contributed by atoms with Gasteiger partial charge in [0.25, 0.3) is 0 Å².